The molecule has 3 rings (SSSR count). The van der Waals surface area contributed by atoms with Crippen molar-refractivity contribution in [2.24, 2.45) is 0 Å². The first-order valence-corrected chi connectivity index (χ1v) is 10.2. The van der Waals surface area contributed by atoms with E-state index < -0.39 is 47.0 Å². The van der Waals surface area contributed by atoms with Gasteiger partial charge in [0.1, 0.15) is 0 Å². The Morgan fingerprint density at radius 2 is 1.50 bits per heavy atom. The van der Waals surface area contributed by atoms with Crippen LogP contribution in [0, 0.1) is 0 Å². The smallest absolute Gasteiger partial charge is 0.416 e. The predicted octanol–water partition coefficient (Wildman–Crippen LogP) is 3.90. The van der Waals surface area contributed by atoms with E-state index in [1.165, 1.54) is 9.80 Å². The number of halogens is 6. The zero-order valence-electron chi connectivity index (χ0n) is 17.9. The average molecular weight is 494 g/mol. The second kappa shape index (κ2) is 9.85. The molecule has 0 unspecified atom stereocenters. The van der Waals surface area contributed by atoms with Gasteiger partial charge in [-0.15, -0.1) is 10.2 Å². The molecule has 1 aromatic heterocycles. The number of carbonyl (C=O) groups is 2. The highest BCUT2D eigenvalue weighted by atomic mass is 19.4. The van der Waals surface area contributed by atoms with E-state index in [0.717, 1.165) is 12.8 Å². The monoisotopic (exact) mass is 494 g/mol. The number of rotatable bonds is 4. The highest BCUT2D eigenvalue weighted by Gasteiger charge is 2.37. The van der Waals surface area contributed by atoms with E-state index in [2.05, 4.69) is 15.4 Å². The van der Waals surface area contributed by atoms with E-state index >= 15 is 0 Å². The summed E-state index contributed by atoms with van der Waals surface area (Å²) in [6, 6.07) is 0.0839. The summed E-state index contributed by atoms with van der Waals surface area (Å²) in [6.07, 6.45) is -9.01. The van der Waals surface area contributed by atoms with Gasteiger partial charge in [0.15, 0.2) is 0 Å². The summed E-state index contributed by atoms with van der Waals surface area (Å²) in [5.74, 6) is -0.580. The lowest BCUT2D eigenvalue weighted by atomic mass is 10.0. The number of hydrogen-bond acceptors (Lipinski definition) is 6. The molecular formula is C19H20F6N6O3. The molecule has 34 heavy (non-hydrogen) atoms. The van der Waals surface area contributed by atoms with E-state index in [0.29, 0.717) is 16.9 Å². The minimum absolute atomic E-state index is 0.0220. The summed E-state index contributed by atoms with van der Waals surface area (Å²) >= 11 is 0. The molecule has 0 atom stereocenters. The second-order valence-corrected chi connectivity index (χ2v) is 7.42. The molecule has 186 valence electrons. The summed E-state index contributed by atoms with van der Waals surface area (Å²) in [6.45, 7) is 2.76. The van der Waals surface area contributed by atoms with Crippen LogP contribution in [0.5, 0.6) is 0 Å². The van der Waals surface area contributed by atoms with Crippen molar-refractivity contribution < 1.29 is 40.7 Å². The van der Waals surface area contributed by atoms with Gasteiger partial charge in [-0.1, -0.05) is 18.1 Å². The Morgan fingerprint density at radius 1 is 0.941 bits per heavy atom. The van der Waals surface area contributed by atoms with Gasteiger partial charge >= 0.3 is 24.5 Å². The van der Waals surface area contributed by atoms with Crippen molar-refractivity contribution in [2.45, 2.75) is 32.1 Å². The first kappa shape index (κ1) is 25.2. The number of benzene rings is 1. The number of alkyl halides is 6. The fraction of sp³-hybridized carbons (Fsp3) is 0.526. The van der Waals surface area contributed by atoms with Crippen molar-refractivity contribution in [3.8, 4) is 11.4 Å². The SMILES string of the molecule is CCCCOC(=O)N1CCN(C(=O)n2nnc(-c3cc(C(F)(F)F)cc(C(F)(F)F)c3)n2)CC1. The molecule has 2 heterocycles. The molecule has 1 aliphatic heterocycles. The molecule has 0 aliphatic carbocycles. The van der Waals surface area contributed by atoms with E-state index in [-0.39, 0.29) is 38.9 Å². The molecule has 2 amide bonds. The summed E-state index contributed by atoms with van der Waals surface area (Å²) < 4.78 is 83.6. The summed E-state index contributed by atoms with van der Waals surface area (Å²) in [7, 11) is 0. The fourth-order valence-corrected chi connectivity index (χ4v) is 3.10. The van der Waals surface area contributed by atoms with Gasteiger partial charge in [0, 0.05) is 31.7 Å². The highest BCUT2D eigenvalue weighted by molar-refractivity contribution is 5.76. The molecule has 1 fully saturated rings. The average Bonchev–Trinajstić information content (AvgIpc) is 3.28. The van der Waals surface area contributed by atoms with Crippen LogP contribution < -0.4 is 0 Å². The van der Waals surface area contributed by atoms with Gasteiger partial charge < -0.3 is 14.5 Å². The van der Waals surface area contributed by atoms with Gasteiger partial charge in [-0.25, -0.2) is 9.59 Å². The molecule has 0 radical (unpaired) electrons. The Balaban J connectivity index is 1.72. The molecule has 0 bridgehead atoms. The number of unbranched alkanes of at least 4 members (excludes halogenated alkanes) is 1. The Kier molecular flexibility index (Phi) is 7.31. The maximum atomic E-state index is 13.1. The van der Waals surface area contributed by atoms with E-state index in [1.54, 1.807) is 0 Å². The van der Waals surface area contributed by atoms with Crippen LogP contribution in [0.2, 0.25) is 0 Å². The Hall–Kier alpha value is -3.39. The molecule has 1 aliphatic rings. The molecular weight excluding hydrogens is 474 g/mol. The molecule has 1 saturated heterocycles. The maximum absolute atomic E-state index is 13.1. The number of carbonyl (C=O) groups excluding carboxylic acids is 2. The highest BCUT2D eigenvalue weighted by Crippen LogP contribution is 2.37. The third kappa shape index (κ3) is 5.94. The van der Waals surface area contributed by atoms with Crippen molar-refractivity contribution in [1.29, 1.82) is 0 Å². The van der Waals surface area contributed by atoms with Gasteiger partial charge in [-0.2, -0.15) is 26.3 Å². The van der Waals surface area contributed by atoms with Crippen LogP contribution in [0.1, 0.15) is 30.9 Å². The van der Waals surface area contributed by atoms with Gasteiger partial charge in [-0.3, -0.25) is 0 Å². The number of hydrogen-bond donors (Lipinski definition) is 0. The maximum Gasteiger partial charge on any atom is 0.416 e. The van der Waals surface area contributed by atoms with Gasteiger partial charge in [0.2, 0.25) is 5.82 Å². The molecule has 0 saturated carbocycles. The number of ether oxygens (including phenoxy) is 1. The largest absolute Gasteiger partial charge is 0.449 e. The molecule has 0 spiro atoms. The molecule has 1 aromatic carbocycles. The van der Waals surface area contributed by atoms with E-state index in [9.17, 15) is 35.9 Å². The number of nitrogens with zero attached hydrogens (tertiary/aromatic N) is 6. The van der Waals surface area contributed by atoms with Crippen LogP contribution in [0.25, 0.3) is 11.4 Å². The van der Waals surface area contributed by atoms with Crippen molar-refractivity contribution in [1.82, 2.24) is 30.0 Å². The lowest BCUT2D eigenvalue weighted by Gasteiger charge is -2.33. The van der Waals surface area contributed by atoms with Crippen LogP contribution in [-0.4, -0.2) is 74.9 Å². The normalized spacial score (nSPS) is 14.9. The first-order chi connectivity index (χ1) is 15.9. The second-order valence-electron chi connectivity index (χ2n) is 7.42. The molecule has 2 aromatic rings. The van der Waals surface area contributed by atoms with Crippen molar-refractivity contribution in [2.75, 3.05) is 32.8 Å². The number of tetrazole rings is 1. The van der Waals surface area contributed by atoms with Crippen LogP contribution in [0.3, 0.4) is 0 Å². The lowest BCUT2D eigenvalue weighted by Crippen LogP contribution is -2.52. The number of piperazine rings is 1. The third-order valence-corrected chi connectivity index (χ3v) is 4.96. The fourth-order valence-electron chi connectivity index (χ4n) is 3.10. The van der Waals surface area contributed by atoms with Crippen molar-refractivity contribution >= 4 is 12.1 Å². The minimum atomic E-state index is -5.04. The van der Waals surface area contributed by atoms with Crippen molar-refractivity contribution in [3.05, 3.63) is 29.3 Å². The topological polar surface area (TPSA) is 93.5 Å². The zero-order valence-corrected chi connectivity index (χ0v) is 17.9. The molecule has 9 nitrogen and oxygen atoms in total. The number of aromatic nitrogens is 4. The molecule has 15 heteroatoms. The van der Waals surface area contributed by atoms with E-state index in [4.69, 9.17) is 4.74 Å². The van der Waals surface area contributed by atoms with Crippen LogP contribution in [0.15, 0.2) is 18.2 Å². The lowest BCUT2D eigenvalue weighted by molar-refractivity contribution is -0.143. The predicted molar refractivity (Wildman–Crippen MR) is 103 cm³/mol. The van der Waals surface area contributed by atoms with Gasteiger partial charge in [0.25, 0.3) is 0 Å². The standard InChI is InChI=1S/C19H20F6N6O3/c1-2-3-8-34-17(33)30-6-4-29(5-7-30)16(32)31-27-15(26-28-31)12-9-13(18(20,21)22)11-14(10-12)19(23,24)25/h9-11H,2-8H2,1H3. The van der Waals surface area contributed by atoms with Crippen LogP contribution in [0.4, 0.5) is 35.9 Å². The Morgan fingerprint density at radius 3 is 2.03 bits per heavy atom. The third-order valence-electron chi connectivity index (χ3n) is 4.96. The van der Waals surface area contributed by atoms with Crippen molar-refractivity contribution in [3.63, 3.8) is 0 Å². The van der Waals surface area contributed by atoms with Gasteiger partial charge in [0.05, 0.1) is 17.7 Å². The zero-order chi connectivity index (χ0) is 25.1. The van der Waals surface area contributed by atoms with E-state index in [1.807, 2.05) is 6.92 Å². The Labute approximate surface area is 189 Å². The summed E-state index contributed by atoms with van der Waals surface area (Å²) in [4.78, 5) is 27.8. The summed E-state index contributed by atoms with van der Waals surface area (Å²) in [5, 5.41) is 10.6. The summed E-state index contributed by atoms with van der Waals surface area (Å²) in [5.41, 5.74) is -3.68. The minimum Gasteiger partial charge on any atom is -0.449 e. The van der Waals surface area contributed by atoms with Gasteiger partial charge in [-0.05, 0) is 29.8 Å². The van der Waals surface area contributed by atoms with Crippen LogP contribution in [-0.2, 0) is 17.1 Å². The number of amides is 2. The molecule has 0 N–H and O–H groups in total. The quantitative estimate of drug-likeness (QED) is 0.473. The first-order valence-electron chi connectivity index (χ1n) is 10.2. The van der Waals surface area contributed by atoms with Crippen LogP contribution >= 0.6 is 0 Å². The Bertz CT molecular complexity index is 998.